The molecule has 11 aromatic carbocycles. The monoisotopic (exact) mass is 1320 g/mol. The number of benzene rings is 11. The van der Waals surface area contributed by atoms with Crippen molar-refractivity contribution < 1.29 is 0 Å². The molecule has 0 fully saturated rings. The van der Waals surface area contributed by atoms with Crippen molar-refractivity contribution in [3.63, 3.8) is 0 Å². The number of aryl methyl sites for hydroxylation is 2. The second-order valence-electron chi connectivity index (χ2n) is 21.6. The summed E-state index contributed by atoms with van der Waals surface area (Å²) < 4.78 is 5.73. The van der Waals surface area contributed by atoms with E-state index in [1.165, 1.54) is 168 Å². The van der Waals surface area contributed by atoms with E-state index < -0.39 is 0 Å². The molecule has 0 spiro atoms. The van der Waals surface area contributed by atoms with Gasteiger partial charge in [-0.05, 0) is 134 Å². The Balaban J connectivity index is 1.25. The highest BCUT2D eigenvalue weighted by Gasteiger charge is 2.33. The third kappa shape index (κ3) is 14.1. The van der Waals surface area contributed by atoms with Gasteiger partial charge in [-0.3, -0.25) is 0 Å². The fourth-order valence-electron chi connectivity index (χ4n) is 11.2. The molecule has 0 aliphatic carbocycles. The second-order valence-corrected chi connectivity index (χ2v) is 32.3. The highest BCUT2D eigenvalue weighted by molar-refractivity contribution is 8.06. The molecule has 2 heterocycles. The van der Waals surface area contributed by atoms with Crippen molar-refractivity contribution in [1.82, 2.24) is 0 Å². The summed E-state index contributed by atoms with van der Waals surface area (Å²) in [6, 6.07) is 89.4. The zero-order valence-corrected chi connectivity index (χ0v) is 57.4. The van der Waals surface area contributed by atoms with Crippen molar-refractivity contribution in [3.05, 3.63) is 254 Å². The molecule has 0 nitrogen and oxygen atoms in total. The van der Waals surface area contributed by atoms with E-state index in [9.17, 15) is 0 Å². The fourth-order valence-corrected chi connectivity index (χ4v) is 24.0. The molecule has 0 bridgehead atoms. The molecule has 88 heavy (non-hydrogen) atoms. The maximum atomic E-state index is 2.35. The lowest BCUT2D eigenvalue weighted by molar-refractivity contribution is 0.668. The van der Waals surface area contributed by atoms with Crippen LogP contribution in [0.1, 0.15) is 76.3 Å². The highest BCUT2D eigenvalue weighted by atomic mass is 32.2. The van der Waals surface area contributed by atoms with E-state index in [0.717, 1.165) is 25.7 Å². The molecule has 0 radical (unpaired) electrons. The van der Waals surface area contributed by atoms with Gasteiger partial charge in [0.05, 0.1) is 9.40 Å². The van der Waals surface area contributed by atoms with E-state index in [1.807, 2.05) is 94.1 Å². The Hall–Kier alpha value is -5.34. The summed E-state index contributed by atoms with van der Waals surface area (Å²) in [7, 11) is 0. The summed E-state index contributed by atoms with van der Waals surface area (Å²) in [4.78, 5) is 20.7. The molecule has 13 aromatic rings. The largest absolute Gasteiger partial charge is 0.134 e. The first-order valence-corrected chi connectivity index (χ1v) is 38.7. The number of unbranched alkanes of at least 4 members (excludes halogenated alkanes) is 6. The van der Waals surface area contributed by atoms with Gasteiger partial charge in [-0.1, -0.05) is 292 Å². The third-order valence-electron chi connectivity index (χ3n) is 15.3. The highest BCUT2D eigenvalue weighted by Crippen LogP contribution is 2.63. The molecular formula is C78H66S10. The maximum Gasteiger partial charge on any atom is 0.0518 e. The standard InChI is InChI=1S/C78H66S10/c1-3-5-7-33-51-61-63-65-69(79-53-35-17-9-18-36-53)73(81-55-39-21-11-22-40-55)77(85-59-47-29-15-30-48-59)75(83-57-43-25-13-26-44-57)71(65)88-68(63)62(52-34-8-6-4-2)64-66-70(80-54-37-19-10-20-38-54)74(82-56-41-23-12-24-42-56)78(86-60-49-31-16-32-50-60)76(72(66)87-67(61)64)84-58-45-27-14-28-46-58/h9-32,35-50H,3-8,33-34,51-52H2,1-2H3. The van der Waals surface area contributed by atoms with E-state index in [2.05, 4.69) is 279 Å². The van der Waals surface area contributed by atoms with Crippen LogP contribution < -0.4 is 0 Å². The predicted molar refractivity (Wildman–Crippen MR) is 392 cm³/mol. The number of fused-ring (bicyclic) bond motifs is 6. The molecule has 0 saturated heterocycles. The molecular weight excluding hydrogens is 1260 g/mol. The SMILES string of the molecule is CCCCCCc1c2sc3c(Sc4ccccc4)c(Sc4ccccc4)c(Sc4ccccc4)c(Sc4ccccc4)c3c2c(CCCCCC)c2sc3c(Sc4ccccc4)c(Sc4ccccc4)c(Sc4ccccc4)c(Sc4ccccc4)c3c12. The van der Waals surface area contributed by atoms with Gasteiger partial charge in [-0.2, -0.15) is 0 Å². The Bertz CT molecular complexity index is 4130. The lowest BCUT2D eigenvalue weighted by Crippen LogP contribution is -1.96. The number of hydrogen-bond acceptors (Lipinski definition) is 10. The van der Waals surface area contributed by atoms with Crippen LogP contribution >= 0.6 is 117 Å². The van der Waals surface area contributed by atoms with Crippen LogP contribution in [0.5, 0.6) is 0 Å². The molecule has 13 rings (SSSR count). The van der Waals surface area contributed by atoms with Crippen LogP contribution in [-0.4, -0.2) is 0 Å². The minimum absolute atomic E-state index is 1.000. The predicted octanol–water partition coefficient (Wildman–Crippen LogP) is 27.9. The topological polar surface area (TPSA) is 0 Å². The lowest BCUT2D eigenvalue weighted by atomic mass is 9.92. The first-order valence-electron chi connectivity index (χ1n) is 30.5. The third-order valence-corrected chi connectivity index (χ3v) is 27.9. The van der Waals surface area contributed by atoms with Crippen molar-refractivity contribution in [1.29, 1.82) is 0 Å². The van der Waals surface area contributed by atoms with Crippen LogP contribution in [0, 0.1) is 0 Å². The van der Waals surface area contributed by atoms with Crippen LogP contribution in [0.4, 0.5) is 0 Å². The van der Waals surface area contributed by atoms with E-state index in [-0.39, 0.29) is 0 Å². The van der Waals surface area contributed by atoms with Crippen molar-refractivity contribution >= 4 is 157 Å². The molecule has 0 unspecified atom stereocenters. The normalized spacial score (nSPS) is 11.7. The summed E-state index contributed by atoms with van der Waals surface area (Å²) >= 11 is 19.8. The summed E-state index contributed by atoms with van der Waals surface area (Å²) in [5, 5.41) is 5.79. The second kappa shape index (κ2) is 30.2. The fraction of sp³-hybridized carbons (Fsp3) is 0.154. The molecule has 0 aliphatic rings. The van der Waals surface area contributed by atoms with Gasteiger partial charge in [0.25, 0.3) is 0 Å². The first kappa shape index (κ1) is 61.5. The minimum atomic E-state index is 1.000. The number of thiophene rings is 2. The van der Waals surface area contributed by atoms with Gasteiger partial charge >= 0.3 is 0 Å². The van der Waals surface area contributed by atoms with Crippen LogP contribution in [0.2, 0.25) is 0 Å². The van der Waals surface area contributed by atoms with Crippen molar-refractivity contribution in [2.75, 3.05) is 0 Å². The molecule has 2 aromatic heterocycles. The van der Waals surface area contributed by atoms with Gasteiger partial charge in [-0.15, -0.1) is 22.7 Å². The Morgan fingerprint density at radius 1 is 0.216 bits per heavy atom. The zero-order valence-electron chi connectivity index (χ0n) is 49.2. The van der Waals surface area contributed by atoms with E-state index >= 15 is 0 Å². The summed E-state index contributed by atoms with van der Waals surface area (Å²) in [5.74, 6) is 0. The molecule has 0 atom stereocenters. The van der Waals surface area contributed by atoms with Gasteiger partial charge in [0.2, 0.25) is 0 Å². The van der Waals surface area contributed by atoms with Crippen LogP contribution in [0.15, 0.2) is 321 Å². The first-order chi connectivity index (χ1) is 43.6. The smallest absolute Gasteiger partial charge is 0.0518 e. The van der Waals surface area contributed by atoms with Gasteiger partial charge in [-0.25, -0.2) is 0 Å². The zero-order chi connectivity index (χ0) is 59.4. The maximum absolute atomic E-state index is 2.35. The van der Waals surface area contributed by atoms with Gasteiger partial charge in [0, 0.05) is 109 Å². The Morgan fingerprint density at radius 3 is 0.670 bits per heavy atom. The van der Waals surface area contributed by atoms with Crippen LogP contribution in [0.25, 0.3) is 40.3 Å². The van der Waals surface area contributed by atoms with Crippen LogP contribution in [0.3, 0.4) is 0 Å². The van der Waals surface area contributed by atoms with E-state index in [4.69, 9.17) is 0 Å². The summed E-state index contributed by atoms with van der Waals surface area (Å²) in [6.07, 6.45) is 11.5. The van der Waals surface area contributed by atoms with E-state index in [0.29, 0.717) is 0 Å². The quantitative estimate of drug-likeness (QED) is 0.0486. The van der Waals surface area contributed by atoms with E-state index in [1.54, 1.807) is 0 Å². The van der Waals surface area contributed by atoms with Crippen LogP contribution in [-0.2, 0) is 12.8 Å². The van der Waals surface area contributed by atoms with Gasteiger partial charge < -0.3 is 0 Å². The molecule has 0 N–H and O–H groups in total. The molecule has 0 saturated carbocycles. The average molecular weight is 1320 g/mol. The molecule has 0 aliphatic heterocycles. The Labute approximate surface area is 561 Å². The minimum Gasteiger partial charge on any atom is -0.134 e. The molecule has 0 amide bonds. The molecule has 10 heteroatoms. The van der Waals surface area contributed by atoms with Crippen molar-refractivity contribution in [2.24, 2.45) is 0 Å². The summed E-state index contributed by atoms with van der Waals surface area (Å²) in [6.45, 7) is 4.71. The van der Waals surface area contributed by atoms with Gasteiger partial charge in [0.1, 0.15) is 0 Å². The lowest BCUT2D eigenvalue weighted by Gasteiger charge is -2.21. The Morgan fingerprint density at radius 2 is 0.432 bits per heavy atom. The average Bonchev–Trinajstić information content (AvgIpc) is 1.53. The number of hydrogen-bond donors (Lipinski definition) is 0. The number of rotatable bonds is 26. The van der Waals surface area contributed by atoms with Crippen molar-refractivity contribution in [2.45, 2.75) is 156 Å². The summed E-state index contributed by atoms with van der Waals surface area (Å²) in [5.41, 5.74) is 3.05. The van der Waals surface area contributed by atoms with Crippen molar-refractivity contribution in [3.8, 4) is 0 Å². The molecule has 438 valence electrons. The van der Waals surface area contributed by atoms with Gasteiger partial charge in [0.15, 0.2) is 0 Å². The Kier molecular flexibility index (Phi) is 21.1.